The molecule has 5 nitrogen and oxygen atoms in total. The van der Waals surface area contributed by atoms with Gasteiger partial charge in [-0.05, 0) is 49.2 Å². The van der Waals surface area contributed by atoms with E-state index >= 15 is 0 Å². The Labute approximate surface area is 141 Å². The molecule has 0 aromatic heterocycles. The Morgan fingerprint density at radius 2 is 1.75 bits per heavy atom. The smallest absolute Gasteiger partial charge is 0.254 e. The molecule has 0 radical (unpaired) electrons. The molecule has 0 aliphatic heterocycles. The van der Waals surface area contributed by atoms with Crippen LogP contribution in [0.25, 0.3) is 0 Å². The number of sulfonamides is 1. The Kier molecular flexibility index (Phi) is 5.69. The minimum absolute atomic E-state index is 0.00938. The van der Waals surface area contributed by atoms with Gasteiger partial charge in [0.05, 0.1) is 10.5 Å². The van der Waals surface area contributed by atoms with Gasteiger partial charge < -0.3 is 5.32 Å². The van der Waals surface area contributed by atoms with Gasteiger partial charge in [0.2, 0.25) is 10.0 Å². The Morgan fingerprint density at radius 3 is 2.42 bits per heavy atom. The van der Waals surface area contributed by atoms with Crippen LogP contribution in [-0.2, 0) is 10.0 Å². The Balaban J connectivity index is 1.90. The molecule has 2 N–H and O–H groups in total. The molecular formula is C17H19FN2O3S. The number of benzene rings is 2. The first kappa shape index (κ1) is 18.1. The van der Waals surface area contributed by atoms with Crippen molar-refractivity contribution in [2.75, 3.05) is 13.1 Å². The van der Waals surface area contributed by atoms with Crippen LogP contribution in [0.5, 0.6) is 0 Å². The van der Waals surface area contributed by atoms with E-state index in [9.17, 15) is 17.6 Å². The lowest BCUT2D eigenvalue weighted by Gasteiger charge is -2.10. The second kappa shape index (κ2) is 7.55. The van der Waals surface area contributed by atoms with Crippen molar-refractivity contribution in [2.45, 2.75) is 18.7 Å². The number of carbonyl (C=O) groups excluding carboxylic acids is 1. The van der Waals surface area contributed by atoms with E-state index < -0.39 is 21.7 Å². The number of carbonyl (C=O) groups is 1. The number of hydrogen-bond donors (Lipinski definition) is 2. The van der Waals surface area contributed by atoms with Crippen LogP contribution in [0.15, 0.2) is 47.4 Å². The Hall–Kier alpha value is -2.25. The maximum Gasteiger partial charge on any atom is 0.254 e. The molecule has 0 saturated carbocycles. The number of nitrogens with one attached hydrogen (secondary N) is 2. The summed E-state index contributed by atoms with van der Waals surface area (Å²) < 4.78 is 40.2. The van der Waals surface area contributed by atoms with Gasteiger partial charge in [-0.1, -0.05) is 18.2 Å². The van der Waals surface area contributed by atoms with E-state index in [0.717, 1.165) is 11.1 Å². The van der Waals surface area contributed by atoms with E-state index in [1.54, 1.807) is 18.2 Å². The number of hydrogen-bond acceptors (Lipinski definition) is 3. The molecule has 2 aromatic rings. The second-order valence-corrected chi connectivity index (χ2v) is 7.15. The van der Waals surface area contributed by atoms with Crippen LogP contribution < -0.4 is 10.0 Å². The van der Waals surface area contributed by atoms with Crippen LogP contribution in [0.2, 0.25) is 0 Å². The summed E-state index contributed by atoms with van der Waals surface area (Å²) in [6.07, 6.45) is 0. The molecule has 0 bridgehead atoms. The van der Waals surface area contributed by atoms with Crippen LogP contribution in [0.1, 0.15) is 21.5 Å². The molecule has 0 atom stereocenters. The van der Waals surface area contributed by atoms with Gasteiger partial charge in [0.25, 0.3) is 5.91 Å². The Bertz CT molecular complexity index is 851. The third-order valence-electron chi connectivity index (χ3n) is 3.61. The molecule has 24 heavy (non-hydrogen) atoms. The molecule has 0 fully saturated rings. The highest BCUT2D eigenvalue weighted by molar-refractivity contribution is 7.89. The lowest BCUT2D eigenvalue weighted by molar-refractivity contribution is 0.0950. The van der Waals surface area contributed by atoms with Gasteiger partial charge in [-0.15, -0.1) is 0 Å². The summed E-state index contributed by atoms with van der Waals surface area (Å²) in [7, 11) is -3.65. The van der Waals surface area contributed by atoms with Gasteiger partial charge in [0, 0.05) is 13.1 Å². The zero-order valence-corrected chi connectivity index (χ0v) is 14.3. The van der Waals surface area contributed by atoms with Crippen LogP contribution in [0, 0.1) is 19.7 Å². The number of rotatable bonds is 6. The van der Waals surface area contributed by atoms with Gasteiger partial charge in [-0.3, -0.25) is 4.79 Å². The lowest BCUT2D eigenvalue weighted by Crippen LogP contribution is -2.35. The van der Waals surface area contributed by atoms with E-state index in [2.05, 4.69) is 10.0 Å². The summed E-state index contributed by atoms with van der Waals surface area (Å²) in [6.45, 7) is 3.80. The van der Waals surface area contributed by atoms with Crippen molar-refractivity contribution in [3.8, 4) is 0 Å². The van der Waals surface area contributed by atoms with Gasteiger partial charge >= 0.3 is 0 Å². The highest BCUT2D eigenvalue weighted by Gasteiger charge is 2.15. The van der Waals surface area contributed by atoms with Crippen molar-refractivity contribution < 1.29 is 17.6 Å². The third-order valence-corrected chi connectivity index (χ3v) is 5.07. The molecule has 7 heteroatoms. The quantitative estimate of drug-likeness (QED) is 0.784. The molecule has 0 unspecified atom stereocenters. The highest BCUT2D eigenvalue weighted by Crippen LogP contribution is 2.14. The summed E-state index contributed by atoms with van der Waals surface area (Å²) in [5.74, 6) is -1.20. The summed E-state index contributed by atoms with van der Waals surface area (Å²) in [5, 5.41) is 2.48. The van der Waals surface area contributed by atoms with Crippen molar-refractivity contribution >= 4 is 15.9 Å². The molecule has 0 saturated heterocycles. The van der Waals surface area contributed by atoms with Gasteiger partial charge in [-0.25, -0.2) is 17.5 Å². The summed E-state index contributed by atoms with van der Waals surface area (Å²) in [4.78, 5) is 12.0. The average Bonchev–Trinajstić information content (AvgIpc) is 2.54. The minimum Gasteiger partial charge on any atom is -0.351 e. The van der Waals surface area contributed by atoms with Crippen molar-refractivity contribution in [2.24, 2.45) is 0 Å². The first-order valence-corrected chi connectivity index (χ1v) is 8.89. The number of aryl methyl sites for hydroxylation is 2. The normalized spacial score (nSPS) is 11.3. The fourth-order valence-corrected chi connectivity index (χ4v) is 3.18. The van der Waals surface area contributed by atoms with Crippen molar-refractivity contribution in [1.29, 1.82) is 0 Å². The predicted octanol–water partition coefficient (Wildman–Crippen LogP) is 2.15. The van der Waals surface area contributed by atoms with Crippen LogP contribution in [0.3, 0.4) is 0 Å². The third kappa shape index (κ3) is 4.39. The van der Waals surface area contributed by atoms with Gasteiger partial charge in [0.1, 0.15) is 5.82 Å². The topological polar surface area (TPSA) is 75.3 Å². The van der Waals surface area contributed by atoms with Crippen LogP contribution >= 0.6 is 0 Å². The highest BCUT2D eigenvalue weighted by atomic mass is 32.2. The molecular weight excluding hydrogens is 331 g/mol. The zero-order chi connectivity index (χ0) is 17.7. The lowest BCUT2D eigenvalue weighted by atomic mass is 10.1. The molecule has 128 valence electrons. The van der Waals surface area contributed by atoms with E-state index in [4.69, 9.17) is 0 Å². The number of amides is 1. The first-order chi connectivity index (χ1) is 11.3. The summed E-state index contributed by atoms with van der Waals surface area (Å²) in [6, 6.07) is 10.5. The number of halogens is 1. The zero-order valence-electron chi connectivity index (χ0n) is 13.5. The predicted molar refractivity (Wildman–Crippen MR) is 89.8 cm³/mol. The molecule has 2 rings (SSSR count). The van der Waals surface area contributed by atoms with Gasteiger partial charge in [0.15, 0.2) is 0 Å². The fourth-order valence-electron chi connectivity index (χ4n) is 2.07. The van der Waals surface area contributed by atoms with Crippen molar-refractivity contribution in [3.63, 3.8) is 0 Å². The SMILES string of the molecule is Cc1ccc(S(=O)(=O)NCCNC(=O)c2ccccc2F)cc1C. The maximum atomic E-state index is 13.5. The summed E-state index contributed by atoms with van der Waals surface area (Å²) >= 11 is 0. The van der Waals surface area contributed by atoms with Crippen molar-refractivity contribution in [3.05, 3.63) is 65.0 Å². The van der Waals surface area contributed by atoms with Gasteiger partial charge in [-0.2, -0.15) is 0 Å². The largest absolute Gasteiger partial charge is 0.351 e. The standard InChI is InChI=1S/C17H19FN2O3S/c1-12-7-8-14(11-13(12)2)24(22,23)20-10-9-19-17(21)15-5-3-4-6-16(15)18/h3-8,11,20H,9-10H2,1-2H3,(H,19,21). The molecule has 1 amide bonds. The van der Waals surface area contributed by atoms with E-state index in [0.29, 0.717) is 0 Å². The van der Waals surface area contributed by atoms with E-state index in [1.807, 2.05) is 13.8 Å². The average molecular weight is 350 g/mol. The Morgan fingerprint density at radius 1 is 1.04 bits per heavy atom. The van der Waals surface area contributed by atoms with E-state index in [-0.39, 0.29) is 23.5 Å². The van der Waals surface area contributed by atoms with Crippen molar-refractivity contribution in [1.82, 2.24) is 10.0 Å². The van der Waals surface area contributed by atoms with Crippen LogP contribution in [0.4, 0.5) is 4.39 Å². The first-order valence-electron chi connectivity index (χ1n) is 7.41. The fraction of sp³-hybridized carbons (Fsp3) is 0.235. The molecule has 0 heterocycles. The maximum absolute atomic E-state index is 13.5. The monoisotopic (exact) mass is 350 g/mol. The second-order valence-electron chi connectivity index (χ2n) is 5.38. The summed E-state index contributed by atoms with van der Waals surface area (Å²) in [5.41, 5.74) is 1.81. The molecule has 0 aliphatic rings. The van der Waals surface area contributed by atoms with Crippen LogP contribution in [-0.4, -0.2) is 27.4 Å². The molecule has 0 aliphatic carbocycles. The molecule has 0 spiro atoms. The molecule has 2 aromatic carbocycles. The minimum atomic E-state index is -3.65. The van der Waals surface area contributed by atoms with E-state index in [1.165, 1.54) is 24.3 Å².